The largest absolute Gasteiger partial charge is 0.497 e. The van der Waals surface area contributed by atoms with E-state index in [0.29, 0.717) is 13.1 Å². The standard InChI is InChI=1S/C19H19ClN2O2S/c1-22(12-17-7-8-18(20)25-17)19(23)21-11-13-3-4-15-10-16(24-2)6-5-14(15)9-13/h3-10H,11-12H2,1-2H3,(H,21,23). The van der Waals surface area contributed by atoms with E-state index in [-0.39, 0.29) is 6.03 Å². The first-order valence-electron chi connectivity index (χ1n) is 7.85. The molecule has 3 rings (SSSR count). The zero-order valence-corrected chi connectivity index (χ0v) is 15.7. The third-order valence-corrected chi connectivity index (χ3v) is 5.14. The molecule has 1 aromatic heterocycles. The third-order valence-electron chi connectivity index (χ3n) is 3.92. The number of benzene rings is 2. The number of carbonyl (C=O) groups excluding carboxylic acids is 1. The van der Waals surface area contributed by atoms with E-state index >= 15 is 0 Å². The zero-order chi connectivity index (χ0) is 17.8. The first-order valence-corrected chi connectivity index (χ1v) is 9.04. The third kappa shape index (κ3) is 4.44. The molecule has 2 aromatic carbocycles. The smallest absolute Gasteiger partial charge is 0.317 e. The number of thiophene rings is 1. The van der Waals surface area contributed by atoms with E-state index in [1.165, 1.54) is 11.3 Å². The van der Waals surface area contributed by atoms with Crippen molar-refractivity contribution in [3.63, 3.8) is 0 Å². The second kappa shape index (κ2) is 7.76. The second-order valence-electron chi connectivity index (χ2n) is 5.77. The molecule has 0 unspecified atom stereocenters. The highest BCUT2D eigenvalue weighted by Crippen LogP contribution is 2.23. The molecule has 0 fully saturated rings. The number of halogens is 1. The van der Waals surface area contributed by atoms with Crippen molar-refractivity contribution in [2.24, 2.45) is 0 Å². The Balaban J connectivity index is 1.60. The van der Waals surface area contributed by atoms with Gasteiger partial charge in [-0.1, -0.05) is 29.8 Å². The Labute approximate surface area is 156 Å². The molecular weight excluding hydrogens is 356 g/mol. The molecule has 0 aliphatic rings. The predicted molar refractivity (Wildman–Crippen MR) is 104 cm³/mol. The molecule has 0 atom stereocenters. The summed E-state index contributed by atoms with van der Waals surface area (Å²) in [5.74, 6) is 0.837. The Morgan fingerprint density at radius 2 is 1.92 bits per heavy atom. The van der Waals surface area contributed by atoms with Crippen LogP contribution in [-0.4, -0.2) is 25.1 Å². The minimum Gasteiger partial charge on any atom is -0.497 e. The Kier molecular flexibility index (Phi) is 5.46. The molecule has 130 valence electrons. The van der Waals surface area contributed by atoms with E-state index in [4.69, 9.17) is 16.3 Å². The van der Waals surface area contributed by atoms with Gasteiger partial charge in [-0.15, -0.1) is 11.3 Å². The summed E-state index contributed by atoms with van der Waals surface area (Å²) in [6, 6.07) is 15.8. The Morgan fingerprint density at radius 1 is 1.16 bits per heavy atom. The van der Waals surface area contributed by atoms with E-state index < -0.39 is 0 Å². The predicted octanol–water partition coefficient (Wildman–Crippen LogP) is 4.90. The lowest BCUT2D eigenvalue weighted by molar-refractivity contribution is 0.207. The number of hydrogen-bond acceptors (Lipinski definition) is 3. The van der Waals surface area contributed by atoms with Gasteiger partial charge in [-0.2, -0.15) is 0 Å². The number of nitrogens with one attached hydrogen (secondary N) is 1. The maximum atomic E-state index is 12.2. The second-order valence-corrected chi connectivity index (χ2v) is 7.57. The van der Waals surface area contributed by atoms with E-state index in [1.54, 1.807) is 19.1 Å². The van der Waals surface area contributed by atoms with E-state index in [2.05, 4.69) is 11.4 Å². The number of amides is 2. The highest BCUT2D eigenvalue weighted by atomic mass is 35.5. The van der Waals surface area contributed by atoms with Crippen LogP contribution in [0, 0.1) is 0 Å². The number of methoxy groups -OCH3 is 1. The molecule has 3 aromatic rings. The van der Waals surface area contributed by atoms with Crippen LogP contribution in [-0.2, 0) is 13.1 Å². The topological polar surface area (TPSA) is 41.6 Å². The summed E-state index contributed by atoms with van der Waals surface area (Å²) in [5, 5.41) is 5.18. The van der Waals surface area contributed by atoms with Crippen molar-refractivity contribution >= 4 is 39.7 Å². The van der Waals surface area contributed by atoms with Crippen LogP contribution in [0.2, 0.25) is 4.34 Å². The first-order chi connectivity index (χ1) is 12.0. The van der Waals surface area contributed by atoms with Crippen LogP contribution >= 0.6 is 22.9 Å². The molecule has 0 aliphatic heterocycles. The highest BCUT2D eigenvalue weighted by molar-refractivity contribution is 7.16. The van der Waals surface area contributed by atoms with Crippen LogP contribution in [0.15, 0.2) is 48.5 Å². The summed E-state index contributed by atoms with van der Waals surface area (Å²) in [5.41, 5.74) is 1.05. The van der Waals surface area contributed by atoms with Gasteiger partial charge in [0.05, 0.1) is 18.0 Å². The van der Waals surface area contributed by atoms with E-state index in [9.17, 15) is 4.79 Å². The average molecular weight is 375 g/mol. The van der Waals surface area contributed by atoms with Gasteiger partial charge in [0.25, 0.3) is 0 Å². The number of nitrogens with zero attached hydrogens (tertiary/aromatic N) is 1. The van der Waals surface area contributed by atoms with E-state index in [1.807, 2.05) is 42.5 Å². The van der Waals surface area contributed by atoms with Crippen LogP contribution in [0.25, 0.3) is 10.8 Å². The quantitative estimate of drug-likeness (QED) is 0.689. The molecule has 0 spiro atoms. The van der Waals surface area contributed by atoms with Crippen molar-refractivity contribution in [1.82, 2.24) is 10.2 Å². The zero-order valence-electron chi connectivity index (χ0n) is 14.1. The molecule has 1 N–H and O–H groups in total. The van der Waals surface area contributed by atoms with Crippen LogP contribution in [0.3, 0.4) is 0 Å². The number of ether oxygens (including phenoxy) is 1. The number of rotatable bonds is 5. The molecule has 4 nitrogen and oxygen atoms in total. The number of carbonyl (C=O) groups is 1. The van der Waals surface area contributed by atoms with Crippen LogP contribution in [0.1, 0.15) is 10.4 Å². The molecule has 0 bridgehead atoms. The van der Waals surface area contributed by atoms with Crippen molar-refractivity contribution in [3.8, 4) is 5.75 Å². The lowest BCUT2D eigenvalue weighted by atomic mass is 10.1. The maximum Gasteiger partial charge on any atom is 0.317 e. The van der Waals surface area contributed by atoms with Gasteiger partial charge in [0.2, 0.25) is 0 Å². The SMILES string of the molecule is COc1ccc2cc(CNC(=O)N(C)Cc3ccc(Cl)s3)ccc2c1. The van der Waals surface area contributed by atoms with Crippen LogP contribution in [0.5, 0.6) is 5.75 Å². The van der Waals surface area contributed by atoms with Gasteiger partial charge in [0, 0.05) is 18.5 Å². The molecule has 1 heterocycles. The minimum atomic E-state index is -0.112. The fourth-order valence-corrected chi connectivity index (χ4v) is 3.71. The Bertz CT molecular complexity index is 894. The van der Waals surface area contributed by atoms with Gasteiger partial charge >= 0.3 is 6.03 Å². The average Bonchev–Trinajstić information content (AvgIpc) is 3.03. The molecule has 6 heteroatoms. The van der Waals surface area contributed by atoms with Gasteiger partial charge in [-0.05, 0) is 46.7 Å². The molecule has 0 saturated heterocycles. The molecule has 0 saturated carbocycles. The molecule has 25 heavy (non-hydrogen) atoms. The number of hydrogen-bond donors (Lipinski definition) is 1. The van der Waals surface area contributed by atoms with Gasteiger partial charge in [0.1, 0.15) is 5.75 Å². The number of urea groups is 1. The van der Waals surface area contributed by atoms with E-state index in [0.717, 1.165) is 31.3 Å². The van der Waals surface area contributed by atoms with Crippen molar-refractivity contribution < 1.29 is 9.53 Å². The minimum absolute atomic E-state index is 0.112. The number of fused-ring (bicyclic) bond motifs is 1. The summed E-state index contributed by atoms with van der Waals surface area (Å²) in [7, 11) is 3.43. The fraction of sp³-hybridized carbons (Fsp3) is 0.211. The maximum absolute atomic E-state index is 12.2. The monoisotopic (exact) mass is 374 g/mol. The summed E-state index contributed by atoms with van der Waals surface area (Å²) in [4.78, 5) is 14.9. The summed E-state index contributed by atoms with van der Waals surface area (Å²) in [6.07, 6.45) is 0. The van der Waals surface area contributed by atoms with Crippen LogP contribution in [0.4, 0.5) is 4.79 Å². The first kappa shape index (κ1) is 17.6. The summed E-state index contributed by atoms with van der Waals surface area (Å²) >= 11 is 7.41. The lowest BCUT2D eigenvalue weighted by Gasteiger charge is -2.17. The Hall–Kier alpha value is -2.24. The van der Waals surface area contributed by atoms with Crippen molar-refractivity contribution in [2.75, 3.05) is 14.2 Å². The molecule has 2 amide bonds. The molecular formula is C19H19ClN2O2S. The molecule has 0 radical (unpaired) electrons. The Morgan fingerprint density at radius 3 is 2.64 bits per heavy atom. The summed E-state index contributed by atoms with van der Waals surface area (Å²) < 4.78 is 5.97. The van der Waals surface area contributed by atoms with Crippen molar-refractivity contribution in [1.29, 1.82) is 0 Å². The molecule has 0 aliphatic carbocycles. The van der Waals surface area contributed by atoms with Crippen LogP contribution < -0.4 is 10.1 Å². The van der Waals surface area contributed by atoms with Gasteiger partial charge in [-0.25, -0.2) is 4.79 Å². The van der Waals surface area contributed by atoms with Gasteiger partial charge in [-0.3, -0.25) is 0 Å². The highest BCUT2D eigenvalue weighted by Gasteiger charge is 2.10. The van der Waals surface area contributed by atoms with Crippen molar-refractivity contribution in [2.45, 2.75) is 13.1 Å². The van der Waals surface area contributed by atoms with Gasteiger partial charge in [0.15, 0.2) is 0 Å². The van der Waals surface area contributed by atoms with Gasteiger partial charge < -0.3 is 15.0 Å². The lowest BCUT2D eigenvalue weighted by Crippen LogP contribution is -2.36. The fourth-order valence-electron chi connectivity index (χ4n) is 2.57. The summed E-state index contributed by atoms with van der Waals surface area (Å²) in [6.45, 7) is 1.02. The van der Waals surface area contributed by atoms with Crippen molar-refractivity contribution in [3.05, 3.63) is 63.3 Å². The normalized spacial score (nSPS) is 10.7.